The second-order valence-electron chi connectivity index (χ2n) is 4.29. The zero-order chi connectivity index (χ0) is 16.7. The number of nitriles is 1. The first-order valence-electron chi connectivity index (χ1n) is 6.62. The number of hydrogen-bond acceptors (Lipinski definition) is 8. The molecule has 0 spiro atoms. The fourth-order valence-corrected chi connectivity index (χ4v) is 2.18. The number of benzene rings is 1. The van der Waals surface area contributed by atoms with Crippen LogP contribution in [0, 0.1) is 11.3 Å². The van der Waals surface area contributed by atoms with Crippen molar-refractivity contribution in [2.45, 2.75) is 12.1 Å². The summed E-state index contributed by atoms with van der Waals surface area (Å²) in [5.74, 6) is 2.00. The van der Waals surface area contributed by atoms with Crippen molar-refractivity contribution in [2.75, 3.05) is 25.4 Å². The number of ether oxygens (including phenoxy) is 2. The molecule has 1 heterocycles. The second-order valence-corrected chi connectivity index (χ2v) is 5.23. The predicted molar refractivity (Wildman–Crippen MR) is 88.1 cm³/mol. The van der Waals surface area contributed by atoms with Gasteiger partial charge in [-0.05, 0) is 25.1 Å². The van der Waals surface area contributed by atoms with Crippen LogP contribution in [0.2, 0.25) is 0 Å². The summed E-state index contributed by atoms with van der Waals surface area (Å²) in [6, 6.07) is 7.56. The van der Waals surface area contributed by atoms with Gasteiger partial charge in [-0.15, -0.1) is 5.10 Å². The van der Waals surface area contributed by atoms with E-state index in [0.717, 1.165) is 11.3 Å². The Balaban J connectivity index is 2.08. The molecule has 0 atom stereocenters. The van der Waals surface area contributed by atoms with E-state index in [1.54, 1.807) is 14.2 Å². The Morgan fingerprint density at radius 3 is 2.87 bits per heavy atom. The first-order valence-corrected chi connectivity index (χ1v) is 7.61. The van der Waals surface area contributed by atoms with Crippen molar-refractivity contribution in [3.63, 3.8) is 0 Å². The largest absolute Gasteiger partial charge is 0.493 e. The first kappa shape index (κ1) is 16.6. The third-order valence-electron chi connectivity index (χ3n) is 2.86. The molecule has 0 aliphatic carbocycles. The average molecular weight is 332 g/mol. The number of aromatic nitrogens is 3. The van der Waals surface area contributed by atoms with E-state index in [4.69, 9.17) is 14.7 Å². The molecule has 1 aromatic heterocycles. The summed E-state index contributed by atoms with van der Waals surface area (Å²) in [6.45, 7) is 1.86. The van der Waals surface area contributed by atoms with E-state index in [-0.39, 0.29) is 0 Å². The topological polar surface area (TPSA) is 108 Å². The normalized spacial score (nSPS) is 11.0. The van der Waals surface area contributed by atoms with Crippen LogP contribution in [0.3, 0.4) is 0 Å². The SMILES string of the molecule is COc1ccc(/C(C)=N/Nc2nc(SCC#N)n[nH]2)cc1OC. The van der Waals surface area contributed by atoms with Gasteiger partial charge in [0, 0.05) is 5.56 Å². The lowest BCUT2D eigenvalue weighted by atomic mass is 10.1. The van der Waals surface area contributed by atoms with Crippen LogP contribution in [0.5, 0.6) is 11.5 Å². The minimum atomic E-state index is 0.297. The van der Waals surface area contributed by atoms with Gasteiger partial charge in [-0.3, -0.25) is 0 Å². The average Bonchev–Trinajstić information content (AvgIpc) is 3.05. The Bertz CT molecular complexity index is 737. The molecule has 0 saturated carbocycles. The van der Waals surface area contributed by atoms with Gasteiger partial charge < -0.3 is 9.47 Å². The maximum absolute atomic E-state index is 8.52. The van der Waals surface area contributed by atoms with Gasteiger partial charge in [0.05, 0.1) is 31.8 Å². The Hall–Kier alpha value is -2.73. The van der Waals surface area contributed by atoms with Gasteiger partial charge in [0.15, 0.2) is 11.5 Å². The molecule has 8 nitrogen and oxygen atoms in total. The molecule has 120 valence electrons. The van der Waals surface area contributed by atoms with Crippen LogP contribution in [-0.4, -0.2) is 40.9 Å². The van der Waals surface area contributed by atoms with Crippen molar-refractivity contribution in [3.05, 3.63) is 23.8 Å². The van der Waals surface area contributed by atoms with Crippen molar-refractivity contribution in [2.24, 2.45) is 5.10 Å². The molecule has 2 rings (SSSR count). The van der Waals surface area contributed by atoms with Gasteiger partial charge in [-0.25, -0.2) is 10.5 Å². The highest BCUT2D eigenvalue weighted by Gasteiger charge is 2.07. The van der Waals surface area contributed by atoms with Crippen molar-refractivity contribution >= 4 is 23.4 Å². The monoisotopic (exact) mass is 332 g/mol. The molecule has 9 heteroatoms. The zero-order valence-corrected chi connectivity index (χ0v) is 13.8. The highest BCUT2D eigenvalue weighted by molar-refractivity contribution is 7.99. The number of H-pyrrole nitrogens is 1. The van der Waals surface area contributed by atoms with Gasteiger partial charge >= 0.3 is 0 Å². The van der Waals surface area contributed by atoms with Crippen molar-refractivity contribution < 1.29 is 9.47 Å². The molecule has 0 fully saturated rings. The summed E-state index contributed by atoms with van der Waals surface area (Å²) in [4.78, 5) is 4.16. The lowest BCUT2D eigenvalue weighted by molar-refractivity contribution is 0.355. The molecule has 0 unspecified atom stereocenters. The lowest BCUT2D eigenvalue weighted by Gasteiger charge is -2.09. The number of rotatable bonds is 7. The zero-order valence-electron chi connectivity index (χ0n) is 13.0. The van der Waals surface area contributed by atoms with Gasteiger partial charge in [0.1, 0.15) is 0 Å². The van der Waals surface area contributed by atoms with Crippen LogP contribution < -0.4 is 14.9 Å². The summed E-state index contributed by atoms with van der Waals surface area (Å²) in [6.07, 6.45) is 0. The fourth-order valence-electron chi connectivity index (χ4n) is 1.72. The molecule has 2 N–H and O–H groups in total. The summed E-state index contributed by atoms with van der Waals surface area (Å²) in [5.41, 5.74) is 4.42. The molecule has 0 radical (unpaired) electrons. The predicted octanol–water partition coefficient (Wildman–Crippen LogP) is 2.27. The van der Waals surface area contributed by atoms with Gasteiger partial charge in [0.25, 0.3) is 0 Å². The highest BCUT2D eigenvalue weighted by Crippen LogP contribution is 2.27. The van der Waals surface area contributed by atoms with Gasteiger partial charge in [-0.1, -0.05) is 11.8 Å². The molecule has 0 saturated heterocycles. The molecular weight excluding hydrogens is 316 g/mol. The smallest absolute Gasteiger partial charge is 0.240 e. The molecule has 23 heavy (non-hydrogen) atoms. The van der Waals surface area contributed by atoms with E-state index in [2.05, 4.69) is 25.7 Å². The second kappa shape index (κ2) is 8.05. The number of aromatic amines is 1. The minimum Gasteiger partial charge on any atom is -0.493 e. The first-order chi connectivity index (χ1) is 11.2. The number of hydrazone groups is 1. The summed E-state index contributed by atoms with van der Waals surface area (Å²) >= 11 is 1.25. The van der Waals surface area contributed by atoms with Crippen LogP contribution >= 0.6 is 11.8 Å². The Kier molecular flexibility index (Phi) is 5.82. The summed E-state index contributed by atoms with van der Waals surface area (Å²) in [7, 11) is 3.17. The van der Waals surface area contributed by atoms with Crippen LogP contribution in [0.4, 0.5) is 5.95 Å². The Morgan fingerprint density at radius 2 is 2.17 bits per heavy atom. The van der Waals surface area contributed by atoms with Crippen LogP contribution in [0.15, 0.2) is 28.5 Å². The standard InChI is InChI=1S/C14H16N6O2S/c1-9(10-4-5-11(21-2)12(8-10)22-3)17-18-13-16-14(20-19-13)23-7-6-15/h4-5,8H,7H2,1-3H3,(H2,16,18,19,20)/b17-9+. The minimum absolute atomic E-state index is 0.297. The van der Waals surface area contributed by atoms with Crippen molar-refractivity contribution in [3.8, 4) is 17.6 Å². The van der Waals surface area contributed by atoms with E-state index >= 15 is 0 Å². The van der Waals surface area contributed by atoms with E-state index in [9.17, 15) is 0 Å². The molecule has 2 aromatic rings. The molecule has 0 amide bonds. The lowest BCUT2D eigenvalue weighted by Crippen LogP contribution is -2.02. The van der Waals surface area contributed by atoms with Crippen molar-refractivity contribution in [1.29, 1.82) is 5.26 Å². The van der Waals surface area contributed by atoms with Crippen LogP contribution in [-0.2, 0) is 0 Å². The number of anilines is 1. The molecule has 0 bridgehead atoms. The number of thioether (sulfide) groups is 1. The van der Waals surface area contributed by atoms with E-state index in [1.807, 2.05) is 31.2 Å². The third-order valence-corrected chi connectivity index (χ3v) is 3.58. The molecule has 0 aliphatic heterocycles. The maximum Gasteiger partial charge on any atom is 0.240 e. The molecular formula is C14H16N6O2S. The van der Waals surface area contributed by atoms with Crippen LogP contribution in [0.1, 0.15) is 12.5 Å². The summed E-state index contributed by atoms with van der Waals surface area (Å²) < 4.78 is 10.5. The number of methoxy groups -OCH3 is 2. The number of nitrogens with one attached hydrogen (secondary N) is 2. The number of hydrogen-bond donors (Lipinski definition) is 2. The highest BCUT2D eigenvalue weighted by atomic mass is 32.2. The molecule has 1 aromatic carbocycles. The Labute approximate surface area is 137 Å². The van der Waals surface area contributed by atoms with E-state index < -0.39 is 0 Å². The fraction of sp³-hybridized carbons (Fsp3) is 0.286. The Morgan fingerprint density at radius 1 is 1.39 bits per heavy atom. The van der Waals surface area contributed by atoms with Crippen molar-refractivity contribution in [1.82, 2.24) is 15.2 Å². The van der Waals surface area contributed by atoms with Gasteiger partial charge in [0.2, 0.25) is 11.1 Å². The number of nitrogens with zero attached hydrogens (tertiary/aromatic N) is 4. The molecule has 0 aliphatic rings. The quantitative estimate of drug-likeness (QED) is 0.455. The third kappa shape index (κ3) is 4.37. The van der Waals surface area contributed by atoms with E-state index in [1.165, 1.54) is 11.8 Å². The van der Waals surface area contributed by atoms with Gasteiger partial charge in [-0.2, -0.15) is 15.3 Å². The maximum atomic E-state index is 8.52. The van der Waals surface area contributed by atoms with E-state index in [0.29, 0.717) is 28.4 Å². The summed E-state index contributed by atoms with van der Waals surface area (Å²) in [5, 5.41) is 19.9. The van der Waals surface area contributed by atoms with Crippen LogP contribution in [0.25, 0.3) is 0 Å².